The van der Waals surface area contributed by atoms with Crippen LogP contribution in [0.15, 0.2) is 16.7 Å². The Hall–Kier alpha value is -0.420. The van der Waals surface area contributed by atoms with Crippen molar-refractivity contribution >= 4 is 62.2 Å². The van der Waals surface area contributed by atoms with E-state index in [0.717, 1.165) is 35.5 Å². The largest absolute Gasteiger partial charge is 0.322 e. The summed E-state index contributed by atoms with van der Waals surface area (Å²) in [6.45, 7) is 0.831. The van der Waals surface area contributed by atoms with Crippen LogP contribution in [-0.4, -0.2) is 16.3 Å². The second-order valence-electron chi connectivity index (χ2n) is 4.69. The maximum absolute atomic E-state index is 6.32. The summed E-state index contributed by atoms with van der Waals surface area (Å²) >= 11 is 22.2. The predicted molar refractivity (Wildman–Crippen MR) is 87.7 cm³/mol. The molecule has 0 saturated carbocycles. The van der Waals surface area contributed by atoms with Crippen molar-refractivity contribution in [2.24, 2.45) is 7.05 Å². The van der Waals surface area contributed by atoms with Gasteiger partial charge in [-0.15, -0.1) is 0 Å². The van der Waals surface area contributed by atoms with Gasteiger partial charge in [-0.3, -0.25) is 4.68 Å². The van der Waals surface area contributed by atoms with Crippen LogP contribution in [0.4, 0.5) is 11.5 Å². The lowest BCUT2D eigenvalue weighted by atomic mass is 10.1. The first-order valence-electron chi connectivity index (χ1n) is 6.12. The van der Waals surface area contributed by atoms with E-state index in [1.54, 1.807) is 12.1 Å². The van der Waals surface area contributed by atoms with Gasteiger partial charge < -0.3 is 4.90 Å². The van der Waals surface area contributed by atoms with Crippen LogP contribution in [0.25, 0.3) is 0 Å². The SMILES string of the molecule is Cn1nc2c(c1Br)CCCN2c1c(Cl)cc(Cl)cc1Cl. The molecule has 0 amide bonds. The van der Waals surface area contributed by atoms with Crippen molar-refractivity contribution in [2.75, 3.05) is 11.4 Å². The van der Waals surface area contributed by atoms with Gasteiger partial charge in [0.15, 0.2) is 5.82 Å². The average molecular weight is 396 g/mol. The van der Waals surface area contributed by atoms with Gasteiger partial charge in [0, 0.05) is 24.2 Å². The zero-order chi connectivity index (χ0) is 14.4. The molecule has 1 aromatic heterocycles. The number of aromatic nitrogens is 2. The molecule has 0 unspecified atom stereocenters. The lowest BCUT2D eigenvalue weighted by Gasteiger charge is -2.29. The topological polar surface area (TPSA) is 21.1 Å². The van der Waals surface area contributed by atoms with Crippen molar-refractivity contribution in [2.45, 2.75) is 12.8 Å². The number of hydrogen-bond acceptors (Lipinski definition) is 2. The molecule has 2 aromatic rings. The Morgan fingerprint density at radius 1 is 1.20 bits per heavy atom. The van der Waals surface area contributed by atoms with Crippen LogP contribution in [0.3, 0.4) is 0 Å². The summed E-state index contributed by atoms with van der Waals surface area (Å²) in [5, 5.41) is 6.17. The second kappa shape index (κ2) is 5.41. The van der Waals surface area contributed by atoms with Gasteiger partial charge >= 0.3 is 0 Å². The molecule has 0 radical (unpaired) electrons. The third kappa shape index (κ3) is 2.33. The number of fused-ring (bicyclic) bond motifs is 1. The van der Waals surface area contributed by atoms with Crippen LogP contribution >= 0.6 is 50.7 Å². The molecule has 1 aliphatic rings. The van der Waals surface area contributed by atoms with Gasteiger partial charge in [0.25, 0.3) is 0 Å². The molecule has 7 heteroatoms. The van der Waals surface area contributed by atoms with Gasteiger partial charge in [0.2, 0.25) is 0 Å². The second-order valence-corrected chi connectivity index (χ2v) is 6.69. The van der Waals surface area contributed by atoms with Gasteiger partial charge in [0.1, 0.15) is 4.60 Å². The summed E-state index contributed by atoms with van der Waals surface area (Å²) in [4.78, 5) is 2.06. The summed E-state index contributed by atoms with van der Waals surface area (Å²) < 4.78 is 2.82. The normalized spacial score (nSPS) is 14.6. The van der Waals surface area contributed by atoms with E-state index in [0.29, 0.717) is 15.1 Å². The molecular formula is C13H11BrCl3N3. The van der Waals surface area contributed by atoms with E-state index in [2.05, 4.69) is 25.9 Å². The molecule has 2 heterocycles. The van der Waals surface area contributed by atoms with Crippen LogP contribution in [0.1, 0.15) is 12.0 Å². The lowest BCUT2D eigenvalue weighted by Crippen LogP contribution is -2.25. The molecule has 1 aromatic carbocycles. The van der Waals surface area contributed by atoms with E-state index < -0.39 is 0 Å². The molecule has 0 aliphatic carbocycles. The highest BCUT2D eigenvalue weighted by Gasteiger charge is 2.27. The first-order valence-corrected chi connectivity index (χ1v) is 8.05. The third-order valence-corrected chi connectivity index (χ3v) is 5.15. The van der Waals surface area contributed by atoms with Gasteiger partial charge in [-0.1, -0.05) is 34.8 Å². The van der Waals surface area contributed by atoms with Crippen LogP contribution in [0.2, 0.25) is 15.1 Å². The molecule has 0 N–H and O–H groups in total. The van der Waals surface area contributed by atoms with E-state index in [-0.39, 0.29) is 0 Å². The highest BCUT2D eigenvalue weighted by atomic mass is 79.9. The smallest absolute Gasteiger partial charge is 0.159 e. The lowest BCUT2D eigenvalue weighted by molar-refractivity contribution is 0.737. The van der Waals surface area contributed by atoms with E-state index >= 15 is 0 Å². The summed E-state index contributed by atoms with van der Waals surface area (Å²) in [6, 6.07) is 3.41. The van der Waals surface area contributed by atoms with Crippen molar-refractivity contribution < 1.29 is 0 Å². The molecule has 0 atom stereocenters. The van der Waals surface area contributed by atoms with Gasteiger partial charge in [-0.25, -0.2) is 0 Å². The Kier molecular flexibility index (Phi) is 3.93. The van der Waals surface area contributed by atoms with Crippen LogP contribution < -0.4 is 4.90 Å². The Balaban J connectivity index is 2.16. The quantitative estimate of drug-likeness (QED) is 0.659. The number of anilines is 2. The highest BCUT2D eigenvalue weighted by molar-refractivity contribution is 9.10. The maximum atomic E-state index is 6.32. The number of benzene rings is 1. The molecule has 106 valence electrons. The molecule has 20 heavy (non-hydrogen) atoms. The van der Waals surface area contributed by atoms with Crippen molar-refractivity contribution in [1.29, 1.82) is 0 Å². The van der Waals surface area contributed by atoms with Crippen LogP contribution in [0, 0.1) is 0 Å². The van der Waals surface area contributed by atoms with E-state index in [9.17, 15) is 0 Å². The zero-order valence-corrected chi connectivity index (χ0v) is 14.5. The fourth-order valence-electron chi connectivity index (χ4n) is 2.50. The molecule has 0 saturated heterocycles. The Bertz CT molecular complexity index is 661. The molecule has 3 rings (SSSR count). The van der Waals surface area contributed by atoms with E-state index in [1.807, 2.05) is 11.7 Å². The Morgan fingerprint density at radius 2 is 1.85 bits per heavy atom. The molecule has 0 fully saturated rings. The highest BCUT2D eigenvalue weighted by Crippen LogP contribution is 2.43. The number of halogens is 4. The number of aryl methyl sites for hydroxylation is 1. The third-order valence-electron chi connectivity index (χ3n) is 3.36. The molecule has 0 bridgehead atoms. The first-order chi connectivity index (χ1) is 9.49. The van der Waals surface area contributed by atoms with Gasteiger partial charge in [0.05, 0.1) is 15.7 Å². The number of rotatable bonds is 1. The van der Waals surface area contributed by atoms with Crippen molar-refractivity contribution in [1.82, 2.24) is 9.78 Å². The van der Waals surface area contributed by atoms with Gasteiger partial charge in [-0.2, -0.15) is 5.10 Å². The predicted octanol–water partition coefficient (Wildman–Crippen LogP) is 5.23. The summed E-state index contributed by atoms with van der Waals surface area (Å²) in [5.74, 6) is 0.900. The molecule has 1 aliphatic heterocycles. The zero-order valence-electron chi connectivity index (χ0n) is 10.6. The Morgan fingerprint density at radius 3 is 2.50 bits per heavy atom. The van der Waals surface area contributed by atoms with Gasteiger partial charge in [-0.05, 0) is 40.9 Å². The molecular weight excluding hydrogens is 384 g/mol. The Labute approximate surface area is 140 Å². The minimum absolute atomic E-state index is 0.531. The minimum atomic E-state index is 0.531. The molecule has 0 spiro atoms. The summed E-state index contributed by atoms with van der Waals surface area (Å²) in [6.07, 6.45) is 2.01. The number of hydrogen-bond donors (Lipinski definition) is 0. The van der Waals surface area contributed by atoms with Crippen molar-refractivity contribution in [3.8, 4) is 0 Å². The fraction of sp³-hybridized carbons (Fsp3) is 0.308. The van der Waals surface area contributed by atoms with Crippen LogP contribution in [0.5, 0.6) is 0 Å². The maximum Gasteiger partial charge on any atom is 0.159 e. The summed E-state index contributed by atoms with van der Waals surface area (Å²) in [7, 11) is 1.91. The fourth-order valence-corrected chi connectivity index (χ4v) is 3.97. The van der Waals surface area contributed by atoms with Crippen LogP contribution in [-0.2, 0) is 13.5 Å². The van der Waals surface area contributed by atoms with Crippen molar-refractivity contribution in [3.05, 3.63) is 37.4 Å². The number of nitrogens with zero attached hydrogens (tertiary/aromatic N) is 3. The standard InChI is InChI=1S/C13H11BrCl3N3/c1-19-12(14)8-3-2-4-20(13(8)18-19)11-9(16)5-7(15)6-10(11)17/h5-6H,2-4H2,1H3. The average Bonchev–Trinajstić information content (AvgIpc) is 2.66. The monoisotopic (exact) mass is 393 g/mol. The minimum Gasteiger partial charge on any atom is -0.322 e. The van der Waals surface area contributed by atoms with E-state index in [1.165, 1.54) is 5.56 Å². The molecule has 3 nitrogen and oxygen atoms in total. The first kappa shape index (κ1) is 14.5. The van der Waals surface area contributed by atoms with E-state index in [4.69, 9.17) is 34.8 Å². The van der Waals surface area contributed by atoms with Crippen molar-refractivity contribution in [3.63, 3.8) is 0 Å². The summed E-state index contributed by atoms with van der Waals surface area (Å²) in [5.41, 5.74) is 1.95.